The predicted molar refractivity (Wildman–Crippen MR) is 48.2 cm³/mol. The number of rotatable bonds is 8. The Balaban J connectivity index is 2.69. The molecule has 0 spiro atoms. The van der Waals surface area contributed by atoms with E-state index >= 15 is 0 Å². The fourth-order valence-electron chi connectivity index (χ4n) is 0.698. The molecule has 0 radical (unpaired) electrons. The molecule has 0 atom stereocenters. The van der Waals surface area contributed by atoms with E-state index in [4.69, 9.17) is 16.7 Å². The smallest absolute Gasteiger partial charge is 0.0443 e. The summed E-state index contributed by atoms with van der Waals surface area (Å²) in [4.78, 5) is 0. The molecule has 0 amide bonds. The molecule has 68 valence electrons. The molecule has 0 saturated carbocycles. The molecule has 0 aromatic carbocycles. The van der Waals surface area contributed by atoms with Gasteiger partial charge in [-0.1, -0.05) is 0 Å². The van der Waals surface area contributed by atoms with E-state index in [1.807, 2.05) is 0 Å². The molecular weight excluding hydrogens is 164 g/mol. The molecule has 0 aliphatic heterocycles. The van der Waals surface area contributed by atoms with Gasteiger partial charge in [-0.25, -0.2) is 0 Å². The number of aliphatic hydroxyl groups is 1. The van der Waals surface area contributed by atoms with E-state index in [1.165, 1.54) is 0 Å². The molecule has 4 heteroatoms. The fourth-order valence-corrected chi connectivity index (χ4v) is 0.831. The maximum atomic E-state index is 8.43. The van der Waals surface area contributed by atoms with Crippen LogP contribution in [0.1, 0.15) is 6.42 Å². The highest BCUT2D eigenvalue weighted by atomic mass is 35.5. The molecule has 0 fully saturated rings. The summed E-state index contributed by atoms with van der Waals surface area (Å²) in [6, 6.07) is 0. The molecule has 0 heterocycles. The zero-order chi connectivity index (χ0) is 8.36. The van der Waals surface area contributed by atoms with Gasteiger partial charge in [-0.2, -0.15) is 0 Å². The van der Waals surface area contributed by atoms with Crippen molar-refractivity contribution in [2.24, 2.45) is 0 Å². The summed E-state index contributed by atoms with van der Waals surface area (Å²) in [5, 5.41) is 14.8. The van der Waals surface area contributed by atoms with E-state index in [-0.39, 0.29) is 6.61 Å². The van der Waals surface area contributed by atoms with Crippen LogP contribution in [0.4, 0.5) is 0 Å². The molecule has 0 aliphatic carbocycles. The molecule has 0 unspecified atom stereocenters. The zero-order valence-corrected chi connectivity index (χ0v) is 7.53. The molecule has 3 nitrogen and oxygen atoms in total. The first-order valence-corrected chi connectivity index (χ1v) is 4.53. The largest absolute Gasteiger partial charge is 0.396 e. The minimum absolute atomic E-state index is 0.266. The van der Waals surface area contributed by atoms with Gasteiger partial charge >= 0.3 is 0 Å². The molecule has 0 aromatic rings. The van der Waals surface area contributed by atoms with Gasteiger partial charge in [-0.15, -0.1) is 11.6 Å². The summed E-state index contributed by atoms with van der Waals surface area (Å²) >= 11 is 5.45. The molecule has 0 bridgehead atoms. The average molecular weight is 181 g/mol. The van der Waals surface area contributed by atoms with Crippen molar-refractivity contribution in [2.45, 2.75) is 6.42 Å². The zero-order valence-electron chi connectivity index (χ0n) is 6.77. The Morgan fingerprint density at radius 2 is 1.64 bits per heavy atom. The van der Waals surface area contributed by atoms with Gasteiger partial charge in [0.1, 0.15) is 0 Å². The highest BCUT2D eigenvalue weighted by Gasteiger charge is 1.86. The topological polar surface area (TPSA) is 44.3 Å². The molecule has 0 aromatic heterocycles. The minimum atomic E-state index is 0.266. The Bertz CT molecular complexity index is 65.5. The normalized spacial score (nSPS) is 10.4. The van der Waals surface area contributed by atoms with E-state index < -0.39 is 0 Å². The summed E-state index contributed by atoms with van der Waals surface area (Å²) in [5.74, 6) is 0.663. The van der Waals surface area contributed by atoms with E-state index in [0.717, 1.165) is 32.6 Å². The molecule has 11 heavy (non-hydrogen) atoms. The standard InChI is InChI=1S/C7H17ClN2O/c8-2-4-10-6-5-9-3-1-7-11/h9-11H,1-7H2. The second kappa shape index (κ2) is 10.2. The lowest BCUT2D eigenvalue weighted by atomic mass is 10.4. The van der Waals surface area contributed by atoms with E-state index in [0.29, 0.717) is 5.88 Å². The number of hydrogen-bond acceptors (Lipinski definition) is 3. The molecule has 0 aliphatic rings. The van der Waals surface area contributed by atoms with Crippen LogP contribution in [-0.4, -0.2) is 43.8 Å². The molecule has 3 N–H and O–H groups in total. The number of halogens is 1. The van der Waals surface area contributed by atoms with Crippen molar-refractivity contribution in [3.05, 3.63) is 0 Å². The Morgan fingerprint density at radius 3 is 2.18 bits per heavy atom. The van der Waals surface area contributed by atoms with E-state index in [9.17, 15) is 0 Å². The predicted octanol–water partition coefficient (Wildman–Crippen LogP) is -0.213. The van der Waals surface area contributed by atoms with Crippen molar-refractivity contribution in [1.29, 1.82) is 0 Å². The molecule has 0 rings (SSSR count). The lowest BCUT2D eigenvalue weighted by molar-refractivity contribution is 0.286. The van der Waals surface area contributed by atoms with Crippen LogP contribution in [0.15, 0.2) is 0 Å². The van der Waals surface area contributed by atoms with Crippen LogP contribution >= 0.6 is 11.6 Å². The third-order valence-electron chi connectivity index (χ3n) is 1.26. The van der Waals surface area contributed by atoms with Gasteiger partial charge in [0.2, 0.25) is 0 Å². The van der Waals surface area contributed by atoms with Crippen molar-refractivity contribution in [1.82, 2.24) is 10.6 Å². The number of nitrogens with one attached hydrogen (secondary N) is 2. The van der Waals surface area contributed by atoms with Gasteiger partial charge < -0.3 is 15.7 Å². The average Bonchev–Trinajstić information content (AvgIpc) is 2.03. The van der Waals surface area contributed by atoms with Gasteiger partial charge in [-0.3, -0.25) is 0 Å². The Kier molecular flexibility index (Phi) is 10.3. The van der Waals surface area contributed by atoms with Crippen LogP contribution in [0.5, 0.6) is 0 Å². The maximum absolute atomic E-state index is 8.43. The highest BCUT2D eigenvalue weighted by molar-refractivity contribution is 6.18. The van der Waals surface area contributed by atoms with Crippen molar-refractivity contribution in [3.8, 4) is 0 Å². The maximum Gasteiger partial charge on any atom is 0.0443 e. The van der Waals surface area contributed by atoms with Crippen LogP contribution < -0.4 is 10.6 Å². The van der Waals surface area contributed by atoms with Crippen molar-refractivity contribution in [3.63, 3.8) is 0 Å². The summed E-state index contributed by atoms with van der Waals surface area (Å²) < 4.78 is 0. The third kappa shape index (κ3) is 10.2. The van der Waals surface area contributed by atoms with Gasteiger partial charge in [0.15, 0.2) is 0 Å². The van der Waals surface area contributed by atoms with Crippen LogP contribution in [0, 0.1) is 0 Å². The van der Waals surface area contributed by atoms with Gasteiger partial charge in [-0.05, 0) is 13.0 Å². The van der Waals surface area contributed by atoms with Crippen LogP contribution in [0.2, 0.25) is 0 Å². The summed E-state index contributed by atoms with van der Waals surface area (Å²) in [7, 11) is 0. The van der Waals surface area contributed by atoms with E-state index in [1.54, 1.807) is 0 Å². The lowest BCUT2D eigenvalue weighted by Gasteiger charge is -2.03. The first kappa shape index (κ1) is 11.2. The summed E-state index contributed by atoms with van der Waals surface area (Å²) in [5.41, 5.74) is 0. The monoisotopic (exact) mass is 180 g/mol. The van der Waals surface area contributed by atoms with Gasteiger partial charge in [0, 0.05) is 32.1 Å². The van der Waals surface area contributed by atoms with Crippen molar-refractivity contribution >= 4 is 11.6 Å². The second-order valence-electron chi connectivity index (χ2n) is 2.27. The van der Waals surface area contributed by atoms with Crippen LogP contribution in [0.3, 0.4) is 0 Å². The van der Waals surface area contributed by atoms with Crippen LogP contribution in [0.25, 0.3) is 0 Å². The quantitative estimate of drug-likeness (QED) is 0.358. The third-order valence-corrected chi connectivity index (χ3v) is 1.45. The molecule has 0 saturated heterocycles. The number of hydrogen-bond donors (Lipinski definition) is 3. The van der Waals surface area contributed by atoms with Gasteiger partial charge in [0.05, 0.1) is 0 Å². The fraction of sp³-hybridized carbons (Fsp3) is 1.00. The first-order valence-electron chi connectivity index (χ1n) is 4.00. The summed E-state index contributed by atoms with van der Waals surface area (Å²) in [6.07, 6.45) is 0.829. The molecular formula is C7H17ClN2O. The minimum Gasteiger partial charge on any atom is -0.396 e. The lowest BCUT2D eigenvalue weighted by Crippen LogP contribution is -2.29. The first-order chi connectivity index (χ1) is 5.41. The Labute approximate surface area is 73.1 Å². The van der Waals surface area contributed by atoms with Crippen LogP contribution in [-0.2, 0) is 0 Å². The number of alkyl halides is 1. The highest BCUT2D eigenvalue weighted by Crippen LogP contribution is 1.71. The van der Waals surface area contributed by atoms with E-state index in [2.05, 4.69) is 10.6 Å². The van der Waals surface area contributed by atoms with Crippen molar-refractivity contribution in [2.75, 3.05) is 38.7 Å². The number of aliphatic hydroxyl groups excluding tert-OH is 1. The second-order valence-corrected chi connectivity index (χ2v) is 2.64. The Hall–Kier alpha value is 0.170. The summed E-state index contributed by atoms with van der Waals surface area (Å²) in [6.45, 7) is 3.90. The van der Waals surface area contributed by atoms with Gasteiger partial charge in [0.25, 0.3) is 0 Å². The SMILES string of the molecule is OCCCNCCNCCCl. The Morgan fingerprint density at radius 1 is 1.00 bits per heavy atom. The van der Waals surface area contributed by atoms with Crippen molar-refractivity contribution < 1.29 is 5.11 Å².